The van der Waals surface area contributed by atoms with Crippen molar-refractivity contribution < 1.29 is 4.79 Å². The van der Waals surface area contributed by atoms with Gasteiger partial charge in [0.05, 0.1) is 5.52 Å². The molecule has 2 aromatic carbocycles. The molecule has 4 rings (SSSR count). The largest absolute Gasteiger partial charge is 0.374 e. The lowest BCUT2D eigenvalue weighted by atomic mass is 10.0. The number of hydrogen-bond acceptors (Lipinski definition) is 5. The predicted octanol–water partition coefficient (Wildman–Crippen LogP) is 3.78. The summed E-state index contributed by atoms with van der Waals surface area (Å²) in [7, 11) is 0. The second-order valence-electron chi connectivity index (χ2n) is 6.39. The van der Waals surface area contributed by atoms with Crippen LogP contribution in [0.3, 0.4) is 0 Å². The van der Waals surface area contributed by atoms with E-state index in [-0.39, 0.29) is 0 Å². The number of aromatic nitrogens is 2. The Morgan fingerprint density at radius 3 is 2.52 bits per heavy atom. The van der Waals surface area contributed by atoms with Crippen LogP contribution in [0.25, 0.3) is 22.0 Å². The fraction of sp³-hybridized carbons (Fsp3) is 0.190. The minimum Gasteiger partial charge on any atom is -0.374 e. The van der Waals surface area contributed by atoms with Crippen molar-refractivity contribution in [3.8, 4) is 11.1 Å². The van der Waals surface area contributed by atoms with Crippen molar-refractivity contribution in [3.63, 3.8) is 0 Å². The highest BCUT2D eigenvalue weighted by Crippen LogP contribution is 2.32. The molecule has 0 unspecified atom stereocenters. The lowest BCUT2D eigenvalue weighted by molar-refractivity contribution is -0.104. The summed E-state index contributed by atoms with van der Waals surface area (Å²) in [6.07, 6.45) is 6.03. The molecule has 1 fully saturated rings. The number of carbonyl (C=O) groups excluding carboxylic acids is 1. The zero-order valence-electron chi connectivity index (χ0n) is 14.8. The molecule has 1 aliphatic rings. The Bertz CT molecular complexity index is 996. The van der Waals surface area contributed by atoms with Gasteiger partial charge in [-0.25, -0.2) is 9.97 Å². The molecular formula is C21H19ClN4O. The van der Waals surface area contributed by atoms with E-state index in [4.69, 9.17) is 16.6 Å². The van der Waals surface area contributed by atoms with Gasteiger partial charge in [-0.1, -0.05) is 48.0 Å². The van der Waals surface area contributed by atoms with Crippen molar-refractivity contribution in [2.45, 2.75) is 0 Å². The summed E-state index contributed by atoms with van der Waals surface area (Å²) in [5.74, 6) is 0.723. The zero-order chi connectivity index (χ0) is 18.6. The number of fused-ring (bicyclic) bond motifs is 1. The summed E-state index contributed by atoms with van der Waals surface area (Å²) >= 11 is 6.41. The van der Waals surface area contributed by atoms with Crippen LogP contribution in [0.2, 0.25) is 5.02 Å². The van der Waals surface area contributed by atoms with Gasteiger partial charge in [0.2, 0.25) is 5.95 Å². The SMILES string of the molecule is O=CC=CN1CCN(c2ncc3cccc(-c4ccccc4Cl)c3n2)CC1. The van der Waals surface area contributed by atoms with Crippen molar-refractivity contribution in [1.29, 1.82) is 0 Å². The van der Waals surface area contributed by atoms with E-state index in [1.165, 1.54) is 6.08 Å². The zero-order valence-corrected chi connectivity index (χ0v) is 15.5. The van der Waals surface area contributed by atoms with Crippen LogP contribution in [0.15, 0.2) is 60.9 Å². The van der Waals surface area contributed by atoms with E-state index in [1.807, 2.05) is 54.9 Å². The maximum Gasteiger partial charge on any atom is 0.226 e. The summed E-state index contributed by atoms with van der Waals surface area (Å²) < 4.78 is 0. The molecule has 0 spiro atoms. The molecule has 3 aromatic rings. The molecule has 5 nitrogen and oxygen atoms in total. The van der Waals surface area contributed by atoms with Crippen molar-refractivity contribution in [3.05, 3.63) is 66.0 Å². The molecule has 2 heterocycles. The van der Waals surface area contributed by atoms with Gasteiger partial charge >= 0.3 is 0 Å². The first-order valence-electron chi connectivity index (χ1n) is 8.88. The predicted molar refractivity (Wildman–Crippen MR) is 109 cm³/mol. The van der Waals surface area contributed by atoms with Crippen LogP contribution < -0.4 is 4.90 Å². The topological polar surface area (TPSA) is 49.3 Å². The number of rotatable bonds is 4. The van der Waals surface area contributed by atoms with E-state index in [2.05, 4.69) is 14.8 Å². The second-order valence-corrected chi connectivity index (χ2v) is 6.80. The third kappa shape index (κ3) is 3.64. The number of anilines is 1. The lowest BCUT2D eigenvalue weighted by Gasteiger charge is -2.34. The number of hydrogen-bond donors (Lipinski definition) is 0. The molecule has 0 aliphatic carbocycles. The quantitative estimate of drug-likeness (QED) is 0.510. The van der Waals surface area contributed by atoms with Crippen molar-refractivity contribution in [1.82, 2.24) is 14.9 Å². The minimum atomic E-state index is 0.709. The Labute approximate surface area is 162 Å². The molecule has 1 saturated heterocycles. The van der Waals surface area contributed by atoms with Crippen LogP contribution in [-0.4, -0.2) is 47.3 Å². The van der Waals surface area contributed by atoms with Gasteiger partial charge in [-0.3, -0.25) is 4.79 Å². The number of nitrogens with zero attached hydrogens (tertiary/aromatic N) is 4. The summed E-state index contributed by atoms with van der Waals surface area (Å²) in [5, 5.41) is 1.70. The molecular weight excluding hydrogens is 360 g/mol. The van der Waals surface area contributed by atoms with Crippen LogP contribution >= 0.6 is 11.6 Å². The molecule has 0 radical (unpaired) electrons. The van der Waals surface area contributed by atoms with Gasteiger partial charge < -0.3 is 9.80 Å². The molecule has 0 saturated carbocycles. The molecule has 0 N–H and O–H groups in total. The summed E-state index contributed by atoms with van der Waals surface area (Å²) in [6, 6.07) is 13.9. The third-order valence-electron chi connectivity index (χ3n) is 4.73. The summed E-state index contributed by atoms with van der Waals surface area (Å²) in [6.45, 7) is 3.28. The Balaban J connectivity index is 1.67. The molecule has 0 amide bonds. The van der Waals surface area contributed by atoms with Gasteiger partial charge in [0.25, 0.3) is 0 Å². The molecule has 0 bridgehead atoms. The smallest absolute Gasteiger partial charge is 0.226 e. The third-order valence-corrected chi connectivity index (χ3v) is 5.06. The Morgan fingerprint density at radius 2 is 1.74 bits per heavy atom. The van der Waals surface area contributed by atoms with Crippen LogP contribution in [0, 0.1) is 0 Å². The maximum atomic E-state index is 10.5. The van der Waals surface area contributed by atoms with Crippen molar-refractivity contribution in [2.75, 3.05) is 31.1 Å². The van der Waals surface area contributed by atoms with Crippen molar-refractivity contribution in [2.24, 2.45) is 0 Å². The summed E-state index contributed by atoms with van der Waals surface area (Å²) in [4.78, 5) is 24.2. The highest BCUT2D eigenvalue weighted by Gasteiger charge is 2.18. The molecule has 0 atom stereocenters. The number of benzene rings is 2. The van der Waals surface area contributed by atoms with Crippen LogP contribution in [0.5, 0.6) is 0 Å². The number of allylic oxidation sites excluding steroid dienone is 1. The molecule has 136 valence electrons. The standard InChI is InChI=1S/C21H19ClN4O/c22-19-8-2-1-6-17(19)18-7-3-5-16-15-23-21(24-20(16)18)26-12-10-25(11-13-26)9-4-14-27/h1-9,14-15H,10-13H2. The molecule has 1 aliphatic heterocycles. The Hall–Kier alpha value is -2.92. The minimum absolute atomic E-state index is 0.709. The van der Waals surface area contributed by atoms with E-state index >= 15 is 0 Å². The van der Waals surface area contributed by atoms with E-state index in [0.717, 1.165) is 60.4 Å². The van der Waals surface area contributed by atoms with Gasteiger partial charge in [0.1, 0.15) is 6.29 Å². The average molecular weight is 379 g/mol. The molecule has 27 heavy (non-hydrogen) atoms. The Kier molecular flexibility index (Phi) is 5.03. The number of halogens is 1. The van der Waals surface area contributed by atoms with Gasteiger partial charge in [0.15, 0.2) is 0 Å². The van der Waals surface area contributed by atoms with Gasteiger partial charge in [-0.15, -0.1) is 0 Å². The number of piperazine rings is 1. The van der Waals surface area contributed by atoms with Crippen LogP contribution in [0.4, 0.5) is 5.95 Å². The van der Waals surface area contributed by atoms with Gasteiger partial charge in [-0.05, 0) is 12.1 Å². The first-order valence-corrected chi connectivity index (χ1v) is 9.26. The first kappa shape index (κ1) is 17.5. The van der Waals surface area contributed by atoms with E-state index in [9.17, 15) is 4.79 Å². The average Bonchev–Trinajstić information content (AvgIpc) is 2.72. The molecule has 1 aromatic heterocycles. The number of para-hydroxylation sites is 1. The normalized spacial score (nSPS) is 14.9. The molecule has 6 heteroatoms. The van der Waals surface area contributed by atoms with Gasteiger partial charge in [0, 0.05) is 60.1 Å². The fourth-order valence-electron chi connectivity index (χ4n) is 3.32. The Morgan fingerprint density at radius 1 is 0.963 bits per heavy atom. The van der Waals surface area contributed by atoms with Crippen molar-refractivity contribution >= 4 is 34.7 Å². The van der Waals surface area contributed by atoms with Crippen LogP contribution in [-0.2, 0) is 4.79 Å². The number of carbonyl (C=O) groups is 1. The van der Waals surface area contributed by atoms with Gasteiger partial charge in [-0.2, -0.15) is 0 Å². The first-order chi connectivity index (χ1) is 13.3. The van der Waals surface area contributed by atoms with E-state index in [0.29, 0.717) is 5.02 Å². The fourth-order valence-corrected chi connectivity index (χ4v) is 3.56. The number of aldehydes is 1. The monoisotopic (exact) mass is 378 g/mol. The highest BCUT2D eigenvalue weighted by molar-refractivity contribution is 6.33. The second kappa shape index (κ2) is 7.76. The summed E-state index contributed by atoms with van der Waals surface area (Å²) in [5.41, 5.74) is 2.88. The lowest BCUT2D eigenvalue weighted by Crippen LogP contribution is -2.44. The van der Waals surface area contributed by atoms with E-state index in [1.54, 1.807) is 0 Å². The highest BCUT2D eigenvalue weighted by atomic mass is 35.5. The van der Waals surface area contributed by atoms with Crippen LogP contribution in [0.1, 0.15) is 0 Å². The maximum absolute atomic E-state index is 10.5. The van der Waals surface area contributed by atoms with E-state index < -0.39 is 0 Å².